The molecule has 1 N–H and O–H groups in total. The highest BCUT2D eigenvalue weighted by atomic mass is 19.4. The van der Waals surface area contributed by atoms with Crippen molar-refractivity contribution in [3.8, 4) is 11.5 Å². The normalized spacial score (nSPS) is 15.5. The topological polar surface area (TPSA) is 88.9 Å². The van der Waals surface area contributed by atoms with Gasteiger partial charge >= 0.3 is 13.0 Å². The Morgan fingerprint density at radius 2 is 1.68 bits per heavy atom. The third kappa shape index (κ3) is 7.08. The van der Waals surface area contributed by atoms with Gasteiger partial charge in [-0.2, -0.15) is 13.9 Å². The summed E-state index contributed by atoms with van der Waals surface area (Å²) in [4.78, 5) is 20.7. The van der Waals surface area contributed by atoms with Crippen LogP contribution in [0.25, 0.3) is 0 Å². The lowest BCUT2D eigenvalue weighted by Gasteiger charge is -2.16. The van der Waals surface area contributed by atoms with Gasteiger partial charge in [0.15, 0.2) is 5.75 Å². The van der Waals surface area contributed by atoms with Gasteiger partial charge in [0.25, 0.3) is 0 Å². The second kappa shape index (κ2) is 10.7. The lowest BCUT2D eigenvalue weighted by molar-refractivity contribution is -0.274. The molecule has 0 radical (unpaired) electrons. The first-order chi connectivity index (χ1) is 17.6. The number of carbonyl (C=O) groups excluding carboxylic acids is 1. The molecular weight excluding hydrogens is 508 g/mol. The molecule has 0 bridgehead atoms. The number of alkyl halides is 5. The summed E-state index contributed by atoms with van der Waals surface area (Å²) in [6.07, 6.45) is -2.67. The fourth-order valence-electron chi connectivity index (χ4n) is 3.52. The summed E-state index contributed by atoms with van der Waals surface area (Å²) in [5.41, 5.74) is 1.19. The number of benzene rings is 2. The molecule has 14 heteroatoms. The molecule has 4 rings (SSSR count). The number of hydrogen-bond donors (Lipinski definition) is 1. The number of amides is 1. The lowest BCUT2D eigenvalue weighted by Crippen LogP contribution is -2.29. The van der Waals surface area contributed by atoms with E-state index in [2.05, 4.69) is 29.9 Å². The molecule has 3 aromatic rings. The summed E-state index contributed by atoms with van der Waals surface area (Å²) in [6, 6.07) is 10.0. The van der Waals surface area contributed by atoms with Crippen molar-refractivity contribution >= 4 is 17.3 Å². The van der Waals surface area contributed by atoms with Gasteiger partial charge in [-0.3, -0.25) is 9.80 Å². The molecule has 0 saturated heterocycles. The molecule has 0 fully saturated rings. The average molecular weight is 525 g/mol. The second-order valence-electron chi connectivity index (χ2n) is 7.67. The van der Waals surface area contributed by atoms with Crippen LogP contribution >= 0.6 is 0 Å². The maximum Gasteiger partial charge on any atom is 0.573 e. The summed E-state index contributed by atoms with van der Waals surface area (Å²) in [6.45, 7) is -3.15. The third-order valence-corrected chi connectivity index (χ3v) is 5.00. The van der Waals surface area contributed by atoms with E-state index in [1.807, 2.05) is 0 Å². The maximum absolute atomic E-state index is 13.4. The van der Waals surface area contributed by atoms with E-state index in [4.69, 9.17) is 0 Å². The van der Waals surface area contributed by atoms with Gasteiger partial charge in [-0.25, -0.2) is 14.4 Å². The minimum Gasteiger partial charge on any atom is -0.432 e. The van der Waals surface area contributed by atoms with E-state index in [-0.39, 0.29) is 30.4 Å². The van der Waals surface area contributed by atoms with Gasteiger partial charge in [-0.15, -0.1) is 13.2 Å². The van der Waals surface area contributed by atoms with E-state index >= 15 is 0 Å². The Kier molecular flexibility index (Phi) is 7.45. The quantitative estimate of drug-likeness (QED) is 0.434. The highest BCUT2D eigenvalue weighted by Crippen LogP contribution is 2.28. The Balaban J connectivity index is 1.47. The fraction of sp³-hybridized carbons (Fsp3) is 0.217. The van der Waals surface area contributed by atoms with E-state index in [1.165, 1.54) is 41.4 Å². The number of aromatic nitrogens is 2. The van der Waals surface area contributed by atoms with Crippen LogP contribution in [0.15, 0.2) is 66.0 Å². The number of carbonyl (C=O) groups is 1. The molecule has 8 nitrogen and oxygen atoms in total. The molecule has 1 aliphatic rings. The Morgan fingerprint density at radius 1 is 1.03 bits per heavy atom. The molecule has 0 aliphatic carbocycles. The van der Waals surface area contributed by atoms with Gasteiger partial charge in [-0.05, 0) is 42.0 Å². The van der Waals surface area contributed by atoms with Gasteiger partial charge in [-0.1, -0.05) is 12.1 Å². The molecule has 1 atom stereocenters. The standard InChI is InChI=1S/C23H17F6N5O3/c24-14-3-1-13(2-4-14)20-18(21-30-9-17(10-31-21)36-22(25)26)11-34(33-20)12-19(35)32-15-5-7-16(8-6-15)37-23(27,28)29/h1-10,18,22H,11-12H2,(H,32,35). The monoisotopic (exact) mass is 525 g/mol. The zero-order valence-corrected chi connectivity index (χ0v) is 18.6. The number of nitrogens with one attached hydrogen (secondary N) is 1. The van der Waals surface area contributed by atoms with E-state index in [9.17, 15) is 31.1 Å². The van der Waals surface area contributed by atoms with Gasteiger partial charge in [0, 0.05) is 5.69 Å². The van der Waals surface area contributed by atoms with Crippen LogP contribution in [0.5, 0.6) is 11.5 Å². The number of hydrogen-bond acceptors (Lipinski definition) is 7. The number of nitrogens with zero attached hydrogens (tertiary/aromatic N) is 4. The zero-order valence-electron chi connectivity index (χ0n) is 18.6. The first kappa shape index (κ1) is 25.7. The highest BCUT2D eigenvalue weighted by Gasteiger charge is 2.33. The van der Waals surface area contributed by atoms with Crippen molar-refractivity contribution < 1.29 is 40.6 Å². The zero-order chi connectivity index (χ0) is 26.6. The molecule has 1 amide bonds. The molecule has 2 heterocycles. The summed E-state index contributed by atoms with van der Waals surface area (Å²) in [7, 11) is 0. The van der Waals surface area contributed by atoms with Gasteiger partial charge in [0.05, 0.1) is 30.6 Å². The summed E-state index contributed by atoms with van der Waals surface area (Å²) < 4.78 is 83.3. The Labute approximate surface area is 205 Å². The van der Waals surface area contributed by atoms with Crippen LogP contribution in [-0.2, 0) is 4.79 Å². The number of rotatable bonds is 8. The predicted octanol–water partition coefficient (Wildman–Crippen LogP) is 4.56. The maximum atomic E-state index is 13.4. The number of halogens is 6. The molecule has 1 aliphatic heterocycles. The van der Waals surface area contributed by atoms with Crippen LogP contribution in [0.3, 0.4) is 0 Å². The van der Waals surface area contributed by atoms with Crippen LogP contribution in [0.4, 0.5) is 32.0 Å². The number of anilines is 1. The Bertz CT molecular complexity index is 1250. The van der Waals surface area contributed by atoms with E-state index in [0.717, 1.165) is 24.5 Å². The molecule has 37 heavy (non-hydrogen) atoms. The molecule has 0 saturated carbocycles. The van der Waals surface area contributed by atoms with Crippen LogP contribution < -0.4 is 14.8 Å². The third-order valence-electron chi connectivity index (χ3n) is 5.00. The van der Waals surface area contributed by atoms with Crippen molar-refractivity contribution in [2.24, 2.45) is 5.10 Å². The molecule has 1 unspecified atom stereocenters. The van der Waals surface area contributed by atoms with Crippen molar-refractivity contribution in [1.82, 2.24) is 15.0 Å². The summed E-state index contributed by atoms with van der Waals surface area (Å²) >= 11 is 0. The van der Waals surface area contributed by atoms with Gasteiger partial charge in [0.2, 0.25) is 5.91 Å². The van der Waals surface area contributed by atoms with E-state index in [1.54, 1.807) is 0 Å². The van der Waals surface area contributed by atoms with Crippen molar-refractivity contribution in [2.45, 2.75) is 18.9 Å². The van der Waals surface area contributed by atoms with Crippen molar-refractivity contribution in [1.29, 1.82) is 0 Å². The highest BCUT2D eigenvalue weighted by molar-refractivity contribution is 6.06. The van der Waals surface area contributed by atoms with E-state index in [0.29, 0.717) is 11.3 Å². The molecule has 2 aromatic carbocycles. The van der Waals surface area contributed by atoms with E-state index < -0.39 is 36.4 Å². The number of ether oxygens (including phenoxy) is 2. The van der Waals surface area contributed by atoms with Crippen molar-refractivity contribution in [3.05, 3.63) is 78.1 Å². The fourth-order valence-corrected chi connectivity index (χ4v) is 3.52. The number of hydrazone groups is 1. The molecule has 194 valence electrons. The van der Waals surface area contributed by atoms with Crippen LogP contribution in [0, 0.1) is 5.82 Å². The van der Waals surface area contributed by atoms with Crippen molar-refractivity contribution in [3.63, 3.8) is 0 Å². The van der Waals surface area contributed by atoms with Crippen molar-refractivity contribution in [2.75, 3.05) is 18.4 Å². The Morgan fingerprint density at radius 3 is 2.27 bits per heavy atom. The lowest BCUT2D eigenvalue weighted by atomic mass is 9.96. The summed E-state index contributed by atoms with van der Waals surface area (Å²) in [5.74, 6) is -2.03. The van der Waals surface area contributed by atoms with Gasteiger partial charge < -0.3 is 14.8 Å². The Hall–Kier alpha value is -4.36. The van der Waals surface area contributed by atoms with Crippen LogP contribution in [0.2, 0.25) is 0 Å². The van der Waals surface area contributed by atoms with Gasteiger partial charge in [0.1, 0.15) is 23.9 Å². The average Bonchev–Trinajstić information content (AvgIpc) is 3.23. The molecule has 1 aromatic heterocycles. The first-order valence-electron chi connectivity index (χ1n) is 10.6. The van der Waals surface area contributed by atoms with Crippen LogP contribution in [0.1, 0.15) is 17.3 Å². The summed E-state index contributed by atoms with van der Waals surface area (Å²) in [5, 5.41) is 8.40. The SMILES string of the molecule is O=C(CN1CC(c2ncc(OC(F)F)cn2)C(c2ccc(F)cc2)=N1)Nc1ccc(OC(F)(F)F)cc1. The minimum absolute atomic E-state index is 0.132. The largest absolute Gasteiger partial charge is 0.573 e. The smallest absolute Gasteiger partial charge is 0.432 e. The second-order valence-corrected chi connectivity index (χ2v) is 7.67. The predicted molar refractivity (Wildman–Crippen MR) is 118 cm³/mol. The minimum atomic E-state index is -4.84. The molecule has 0 spiro atoms. The first-order valence-corrected chi connectivity index (χ1v) is 10.6. The molecular formula is C23H17F6N5O3. The van der Waals surface area contributed by atoms with Crippen LogP contribution in [-0.4, -0.2) is 52.7 Å².